The van der Waals surface area contributed by atoms with Gasteiger partial charge in [0.15, 0.2) is 0 Å². The number of H-pyrrole nitrogens is 1. The average Bonchev–Trinajstić information content (AvgIpc) is 2.86. The van der Waals surface area contributed by atoms with Gasteiger partial charge in [0.1, 0.15) is 18.0 Å². The SMILES string of the molecule is CCNC(Cc1c(F)cccc1Cl)c1ncn[nH]1. The van der Waals surface area contributed by atoms with Crippen molar-refractivity contribution in [1.82, 2.24) is 20.5 Å². The Bertz CT molecular complexity index is 481. The van der Waals surface area contributed by atoms with Gasteiger partial charge in [-0.15, -0.1) is 0 Å². The maximum atomic E-state index is 13.7. The first kappa shape index (κ1) is 13.0. The van der Waals surface area contributed by atoms with Crippen LogP contribution in [0.15, 0.2) is 24.5 Å². The fourth-order valence-electron chi connectivity index (χ4n) is 1.83. The fourth-order valence-corrected chi connectivity index (χ4v) is 2.07. The number of aromatic amines is 1. The van der Waals surface area contributed by atoms with Crippen LogP contribution in [0, 0.1) is 5.82 Å². The van der Waals surface area contributed by atoms with Crippen LogP contribution in [-0.4, -0.2) is 21.7 Å². The van der Waals surface area contributed by atoms with E-state index in [1.165, 1.54) is 12.4 Å². The third-order valence-corrected chi connectivity index (χ3v) is 3.04. The van der Waals surface area contributed by atoms with Gasteiger partial charge in [0.05, 0.1) is 6.04 Å². The quantitative estimate of drug-likeness (QED) is 0.876. The molecule has 2 aromatic rings. The second kappa shape index (κ2) is 5.93. The van der Waals surface area contributed by atoms with E-state index in [0.29, 0.717) is 22.8 Å². The van der Waals surface area contributed by atoms with E-state index in [4.69, 9.17) is 11.6 Å². The van der Waals surface area contributed by atoms with E-state index < -0.39 is 0 Å². The van der Waals surface area contributed by atoms with Gasteiger partial charge in [-0.3, -0.25) is 5.10 Å². The molecule has 0 aliphatic carbocycles. The molecule has 0 fully saturated rings. The lowest BCUT2D eigenvalue weighted by Crippen LogP contribution is -2.24. The molecule has 1 aromatic carbocycles. The Labute approximate surface area is 110 Å². The summed E-state index contributed by atoms with van der Waals surface area (Å²) in [5.74, 6) is 0.376. The first-order chi connectivity index (χ1) is 8.72. The van der Waals surface area contributed by atoms with Crippen molar-refractivity contribution in [2.24, 2.45) is 0 Å². The molecule has 0 aliphatic rings. The van der Waals surface area contributed by atoms with Gasteiger partial charge in [-0.2, -0.15) is 5.10 Å². The Morgan fingerprint density at radius 1 is 1.50 bits per heavy atom. The summed E-state index contributed by atoms with van der Waals surface area (Å²) in [6.45, 7) is 2.73. The maximum absolute atomic E-state index is 13.7. The summed E-state index contributed by atoms with van der Waals surface area (Å²) in [4.78, 5) is 4.10. The molecule has 1 heterocycles. The third-order valence-electron chi connectivity index (χ3n) is 2.68. The minimum atomic E-state index is -0.301. The predicted molar refractivity (Wildman–Crippen MR) is 67.9 cm³/mol. The van der Waals surface area contributed by atoms with Gasteiger partial charge in [0.2, 0.25) is 0 Å². The smallest absolute Gasteiger partial charge is 0.141 e. The lowest BCUT2D eigenvalue weighted by molar-refractivity contribution is 0.507. The van der Waals surface area contributed by atoms with E-state index in [2.05, 4.69) is 20.5 Å². The molecular weight excluding hydrogens is 255 g/mol. The topological polar surface area (TPSA) is 53.6 Å². The van der Waals surface area contributed by atoms with Crippen LogP contribution in [0.5, 0.6) is 0 Å². The molecule has 0 radical (unpaired) electrons. The number of nitrogens with one attached hydrogen (secondary N) is 2. The van der Waals surface area contributed by atoms with Crippen molar-refractivity contribution in [3.63, 3.8) is 0 Å². The third kappa shape index (κ3) is 2.86. The van der Waals surface area contributed by atoms with Gasteiger partial charge in [0.25, 0.3) is 0 Å². The van der Waals surface area contributed by atoms with Crippen molar-refractivity contribution in [3.8, 4) is 0 Å². The number of rotatable bonds is 5. The molecular formula is C12H14ClFN4. The average molecular weight is 269 g/mol. The molecule has 2 rings (SSSR count). The van der Waals surface area contributed by atoms with Crippen LogP contribution < -0.4 is 5.32 Å². The molecule has 0 saturated carbocycles. The summed E-state index contributed by atoms with van der Waals surface area (Å²) in [5.41, 5.74) is 0.488. The van der Waals surface area contributed by atoms with Gasteiger partial charge in [-0.25, -0.2) is 9.37 Å². The lowest BCUT2D eigenvalue weighted by atomic mass is 10.0. The van der Waals surface area contributed by atoms with E-state index in [1.807, 2.05) is 6.92 Å². The van der Waals surface area contributed by atoms with E-state index in [9.17, 15) is 4.39 Å². The summed E-state index contributed by atoms with van der Waals surface area (Å²) in [5, 5.41) is 10.3. The molecule has 0 spiro atoms. The van der Waals surface area contributed by atoms with Crippen LogP contribution in [0.4, 0.5) is 4.39 Å². The number of aromatic nitrogens is 3. The second-order valence-corrected chi connectivity index (χ2v) is 4.29. The van der Waals surface area contributed by atoms with Crippen molar-refractivity contribution in [2.75, 3.05) is 6.54 Å². The van der Waals surface area contributed by atoms with Crippen molar-refractivity contribution in [1.29, 1.82) is 0 Å². The number of halogens is 2. The van der Waals surface area contributed by atoms with Crippen LogP contribution in [0.3, 0.4) is 0 Å². The molecule has 6 heteroatoms. The van der Waals surface area contributed by atoms with Crippen LogP contribution in [0.2, 0.25) is 5.02 Å². The maximum Gasteiger partial charge on any atom is 0.141 e. The minimum Gasteiger partial charge on any atom is -0.307 e. The summed E-state index contributed by atoms with van der Waals surface area (Å²) in [6.07, 6.45) is 1.86. The number of hydrogen-bond acceptors (Lipinski definition) is 3. The number of benzene rings is 1. The standard InChI is InChI=1S/C12H14ClFN4/c1-2-15-11(12-16-7-17-18-12)6-8-9(13)4-3-5-10(8)14/h3-5,7,11,15H,2,6H2,1H3,(H,16,17,18). The Hall–Kier alpha value is -1.46. The van der Waals surface area contributed by atoms with Crippen molar-refractivity contribution < 1.29 is 4.39 Å². The van der Waals surface area contributed by atoms with E-state index >= 15 is 0 Å². The number of nitrogens with zero attached hydrogens (tertiary/aromatic N) is 2. The second-order valence-electron chi connectivity index (χ2n) is 3.89. The van der Waals surface area contributed by atoms with Crippen LogP contribution in [0.1, 0.15) is 24.4 Å². The predicted octanol–water partition coefficient (Wildman–Crippen LogP) is 2.49. The van der Waals surface area contributed by atoms with Crippen LogP contribution in [0.25, 0.3) is 0 Å². The summed E-state index contributed by atoms with van der Waals surface area (Å²) in [7, 11) is 0. The fraction of sp³-hybridized carbons (Fsp3) is 0.333. The Morgan fingerprint density at radius 2 is 2.33 bits per heavy atom. The molecule has 1 aromatic heterocycles. The number of likely N-dealkylation sites (N-methyl/N-ethyl adjacent to an activating group) is 1. The van der Waals surface area contributed by atoms with Gasteiger partial charge >= 0.3 is 0 Å². The van der Waals surface area contributed by atoms with E-state index in [0.717, 1.165) is 6.54 Å². The summed E-state index contributed by atoms with van der Waals surface area (Å²) < 4.78 is 13.7. The van der Waals surface area contributed by atoms with E-state index in [1.54, 1.807) is 12.1 Å². The zero-order valence-corrected chi connectivity index (χ0v) is 10.7. The summed E-state index contributed by atoms with van der Waals surface area (Å²) in [6, 6.07) is 4.55. The zero-order chi connectivity index (χ0) is 13.0. The Kier molecular flexibility index (Phi) is 4.28. The van der Waals surface area contributed by atoms with Gasteiger partial charge in [-0.05, 0) is 25.1 Å². The highest BCUT2D eigenvalue weighted by atomic mass is 35.5. The monoisotopic (exact) mass is 268 g/mol. The molecule has 0 bridgehead atoms. The Morgan fingerprint density at radius 3 is 2.94 bits per heavy atom. The first-order valence-electron chi connectivity index (χ1n) is 5.74. The van der Waals surface area contributed by atoms with Crippen LogP contribution in [-0.2, 0) is 6.42 Å². The molecule has 18 heavy (non-hydrogen) atoms. The van der Waals surface area contributed by atoms with Crippen molar-refractivity contribution in [3.05, 3.63) is 46.8 Å². The van der Waals surface area contributed by atoms with Gasteiger partial charge < -0.3 is 5.32 Å². The highest BCUT2D eigenvalue weighted by molar-refractivity contribution is 6.31. The molecule has 0 amide bonds. The molecule has 1 atom stereocenters. The normalized spacial score (nSPS) is 12.6. The van der Waals surface area contributed by atoms with Crippen molar-refractivity contribution >= 4 is 11.6 Å². The van der Waals surface area contributed by atoms with Gasteiger partial charge in [-0.1, -0.05) is 24.6 Å². The largest absolute Gasteiger partial charge is 0.307 e. The highest BCUT2D eigenvalue weighted by Crippen LogP contribution is 2.24. The highest BCUT2D eigenvalue weighted by Gasteiger charge is 2.18. The zero-order valence-electron chi connectivity index (χ0n) is 9.95. The Balaban J connectivity index is 2.24. The minimum absolute atomic E-state index is 0.133. The van der Waals surface area contributed by atoms with Crippen molar-refractivity contribution in [2.45, 2.75) is 19.4 Å². The first-order valence-corrected chi connectivity index (χ1v) is 6.11. The molecule has 0 saturated heterocycles. The van der Waals surface area contributed by atoms with Gasteiger partial charge in [0, 0.05) is 10.6 Å². The van der Waals surface area contributed by atoms with E-state index in [-0.39, 0.29) is 11.9 Å². The van der Waals surface area contributed by atoms with Crippen LogP contribution >= 0.6 is 11.6 Å². The molecule has 1 unspecified atom stereocenters. The summed E-state index contributed by atoms with van der Waals surface area (Å²) >= 11 is 6.02. The number of hydrogen-bond donors (Lipinski definition) is 2. The molecule has 2 N–H and O–H groups in total. The molecule has 4 nitrogen and oxygen atoms in total. The molecule has 0 aliphatic heterocycles. The lowest BCUT2D eigenvalue weighted by Gasteiger charge is -2.16. The molecule has 96 valence electrons.